The average Bonchev–Trinajstić information content (AvgIpc) is 2.65. The van der Waals surface area contributed by atoms with Crippen LogP contribution in [0.15, 0.2) is 18.2 Å². The number of likely N-dealkylation sites (N-methyl/N-ethyl adjacent to an activating group) is 1. The van der Waals surface area contributed by atoms with Gasteiger partial charge in [0, 0.05) is 12.6 Å². The van der Waals surface area contributed by atoms with Crippen molar-refractivity contribution in [3.63, 3.8) is 0 Å². The maximum Gasteiger partial charge on any atom is 0.0449 e. The number of benzene rings is 1. The van der Waals surface area contributed by atoms with Crippen molar-refractivity contribution in [2.24, 2.45) is 0 Å². The van der Waals surface area contributed by atoms with E-state index in [-0.39, 0.29) is 0 Å². The van der Waals surface area contributed by atoms with Gasteiger partial charge in [-0.15, -0.1) is 0 Å². The van der Waals surface area contributed by atoms with Crippen molar-refractivity contribution in [1.82, 2.24) is 10.2 Å². The molecule has 1 aliphatic heterocycles. The molecule has 20 heavy (non-hydrogen) atoms. The van der Waals surface area contributed by atoms with Gasteiger partial charge in [-0.05, 0) is 51.9 Å². The van der Waals surface area contributed by atoms with Crippen molar-refractivity contribution in [1.29, 1.82) is 0 Å². The molecule has 2 heteroatoms. The third kappa shape index (κ3) is 4.60. The van der Waals surface area contributed by atoms with Crippen LogP contribution in [0.2, 0.25) is 0 Å². The molecule has 1 saturated heterocycles. The minimum atomic E-state index is 0.469. The van der Waals surface area contributed by atoms with E-state index in [1.54, 1.807) is 0 Å². The van der Waals surface area contributed by atoms with Crippen molar-refractivity contribution in [3.05, 3.63) is 34.9 Å². The Kier molecular flexibility index (Phi) is 6.06. The highest BCUT2D eigenvalue weighted by atomic mass is 15.1. The van der Waals surface area contributed by atoms with Gasteiger partial charge in [-0.1, -0.05) is 49.1 Å². The number of rotatable bonds is 5. The van der Waals surface area contributed by atoms with E-state index >= 15 is 0 Å². The molecule has 1 aliphatic rings. The van der Waals surface area contributed by atoms with Crippen LogP contribution < -0.4 is 5.32 Å². The maximum atomic E-state index is 3.68. The third-order valence-electron chi connectivity index (χ3n) is 4.24. The van der Waals surface area contributed by atoms with Gasteiger partial charge in [0.05, 0.1) is 0 Å². The number of hydrogen-bond acceptors (Lipinski definition) is 2. The van der Waals surface area contributed by atoms with E-state index in [0.29, 0.717) is 6.04 Å². The summed E-state index contributed by atoms with van der Waals surface area (Å²) in [5.41, 5.74) is 4.20. The van der Waals surface area contributed by atoms with Gasteiger partial charge >= 0.3 is 0 Å². The summed E-state index contributed by atoms with van der Waals surface area (Å²) in [6.07, 6.45) is 5.55. The summed E-state index contributed by atoms with van der Waals surface area (Å²) in [5, 5.41) is 3.68. The largest absolute Gasteiger partial charge is 0.309 e. The Bertz CT molecular complexity index is 386. The van der Waals surface area contributed by atoms with Gasteiger partial charge in [0.1, 0.15) is 0 Å². The Morgan fingerprint density at radius 3 is 2.15 bits per heavy atom. The summed E-state index contributed by atoms with van der Waals surface area (Å²) >= 11 is 0. The lowest BCUT2D eigenvalue weighted by Crippen LogP contribution is -2.36. The van der Waals surface area contributed by atoms with Gasteiger partial charge in [0.25, 0.3) is 0 Å². The van der Waals surface area contributed by atoms with Crippen LogP contribution in [0.3, 0.4) is 0 Å². The second-order valence-corrected chi connectivity index (χ2v) is 6.25. The molecule has 0 bridgehead atoms. The molecule has 0 amide bonds. The van der Waals surface area contributed by atoms with Crippen LogP contribution in [-0.4, -0.2) is 31.1 Å². The number of nitrogens with zero attached hydrogens (tertiary/aromatic N) is 1. The van der Waals surface area contributed by atoms with Gasteiger partial charge in [0.15, 0.2) is 0 Å². The highest BCUT2D eigenvalue weighted by Gasteiger charge is 2.17. The molecular formula is C18H30N2. The van der Waals surface area contributed by atoms with E-state index in [2.05, 4.69) is 49.2 Å². The molecule has 1 N–H and O–H groups in total. The first-order valence-corrected chi connectivity index (χ1v) is 8.23. The Hall–Kier alpha value is -0.860. The Morgan fingerprint density at radius 2 is 1.60 bits per heavy atom. The first-order chi connectivity index (χ1) is 9.69. The molecule has 1 unspecified atom stereocenters. The predicted octanol–water partition coefficient (Wildman–Crippen LogP) is 3.83. The summed E-state index contributed by atoms with van der Waals surface area (Å²) in [6.45, 7) is 11.3. The lowest BCUT2D eigenvalue weighted by Gasteiger charge is -2.27. The zero-order valence-electron chi connectivity index (χ0n) is 13.4. The van der Waals surface area contributed by atoms with Crippen LogP contribution in [-0.2, 0) is 0 Å². The molecule has 2 rings (SSSR count). The van der Waals surface area contributed by atoms with E-state index in [4.69, 9.17) is 0 Å². The third-order valence-corrected chi connectivity index (χ3v) is 4.24. The minimum Gasteiger partial charge on any atom is -0.309 e. The zero-order valence-corrected chi connectivity index (χ0v) is 13.4. The zero-order chi connectivity index (χ0) is 14.4. The molecule has 112 valence electrons. The Balaban J connectivity index is 2.08. The van der Waals surface area contributed by atoms with Gasteiger partial charge < -0.3 is 10.2 Å². The highest BCUT2D eigenvalue weighted by Crippen LogP contribution is 2.20. The molecule has 1 aromatic rings. The summed E-state index contributed by atoms with van der Waals surface area (Å²) < 4.78 is 0. The van der Waals surface area contributed by atoms with E-state index in [1.165, 1.54) is 55.5 Å². The van der Waals surface area contributed by atoms with Crippen LogP contribution in [0, 0.1) is 13.8 Å². The predicted molar refractivity (Wildman–Crippen MR) is 87.2 cm³/mol. The molecule has 0 aromatic heterocycles. The van der Waals surface area contributed by atoms with Crippen molar-refractivity contribution in [2.75, 3.05) is 26.2 Å². The SMILES string of the molecule is CCNC(CN1CCCCCC1)c1cc(C)cc(C)c1. The number of likely N-dealkylation sites (tertiary alicyclic amines) is 1. The molecule has 0 saturated carbocycles. The summed E-state index contributed by atoms with van der Waals surface area (Å²) in [6, 6.07) is 7.42. The van der Waals surface area contributed by atoms with E-state index in [0.717, 1.165) is 13.1 Å². The van der Waals surface area contributed by atoms with Gasteiger partial charge in [0.2, 0.25) is 0 Å². The number of hydrogen-bond donors (Lipinski definition) is 1. The molecule has 1 atom stereocenters. The number of aryl methyl sites for hydroxylation is 2. The van der Waals surface area contributed by atoms with Crippen LogP contribution in [0.25, 0.3) is 0 Å². The van der Waals surface area contributed by atoms with Crippen molar-refractivity contribution >= 4 is 0 Å². The molecule has 0 spiro atoms. The fraction of sp³-hybridized carbons (Fsp3) is 0.667. The van der Waals surface area contributed by atoms with Gasteiger partial charge in [-0.2, -0.15) is 0 Å². The average molecular weight is 274 g/mol. The molecule has 2 nitrogen and oxygen atoms in total. The first-order valence-electron chi connectivity index (χ1n) is 8.23. The molecule has 0 radical (unpaired) electrons. The Morgan fingerprint density at radius 1 is 1.00 bits per heavy atom. The topological polar surface area (TPSA) is 15.3 Å². The molecule has 1 fully saturated rings. The van der Waals surface area contributed by atoms with Crippen LogP contribution in [0.4, 0.5) is 0 Å². The molecule has 1 heterocycles. The second kappa shape index (κ2) is 7.80. The quantitative estimate of drug-likeness (QED) is 0.878. The minimum absolute atomic E-state index is 0.469. The van der Waals surface area contributed by atoms with Crippen molar-refractivity contribution in [2.45, 2.75) is 52.5 Å². The van der Waals surface area contributed by atoms with E-state index < -0.39 is 0 Å². The monoisotopic (exact) mass is 274 g/mol. The fourth-order valence-corrected chi connectivity index (χ4v) is 3.32. The molecule has 0 aliphatic carbocycles. The summed E-state index contributed by atoms with van der Waals surface area (Å²) in [7, 11) is 0. The van der Waals surface area contributed by atoms with E-state index in [1.807, 2.05) is 0 Å². The maximum absolute atomic E-state index is 3.68. The van der Waals surface area contributed by atoms with Crippen molar-refractivity contribution < 1.29 is 0 Å². The lowest BCUT2D eigenvalue weighted by molar-refractivity contribution is 0.252. The summed E-state index contributed by atoms with van der Waals surface area (Å²) in [5.74, 6) is 0. The molecule has 1 aromatic carbocycles. The fourth-order valence-electron chi connectivity index (χ4n) is 3.32. The standard InChI is InChI=1S/C18H30N2/c1-4-19-18(14-20-9-7-5-6-8-10-20)17-12-15(2)11-16(3)13-17/h11-13,18-19H,4-10,14H2,1-3H3. The van der Waals surface area contributed by atoms with E-state index in [9.17, 15) is 0 Å². The summed E-state index contributed by atoms with van der Waals surface area (Å²) in [4.78, 5) is 2.65. The van der Waals surface area contributed by atoms with Crippen molar-refractivity contribution in [3.8, 4) is 0 Å². The molecular weight excluding hydrogens is 244 g/mol. The normalized spacial score (nSPS) is 18.8. The van der Waals surface area contributed by atoms with Crippen LogP contribution in [0.5, 0.6) is 0 Å². The number of nitrogens with one attached hydrogen (secondary N) is 1. The second-order valence-electron chi connectivity index (χ2n) is 6.25. The lowest BCUT2D eigenvalue weighted by atomic mass is 10.0. The first kappa shape index (κ1) is 15.5. The van der Waals surface area contributed by atoms with Crippen LogP contribution in [0.1, 0.15) is 55.3 Å². The van der Waals surface area contributed by atoms with Gasteiger partial charge in [-0.25, -0.2) is 0 Å². The van der Waals surface area contributed by atoms with Crippen LogP contribution >= 0.6 is 0 Å². The highest BCUT2D eigenvalue weighted by molar-refractivity contribution is 5.31. The van der Waals surface area contributed by atoms with Gasteiger partial charge in [-0.3, -0.25) is 0 Å². The Labute approximate surface area is 124 Å². The smallest absolute Gasteiger partial charge is 0.0449 e.